The van der Waals surface area contributed by atoms with E-state index in [1.54, 1.807) is 18.3 Å². The third-order valence-electron chi connectivity index (χ3n) is 12.2. The van der Waals surface area contributed by atoms with Crippen LogP contribution < -0.4 is 42.8 Å². The number of aromatic nitrogens is 6. The second-order valence-electron chi connectivity index (χ2n) is 18.5. The molecule has 2 saturated heterocycles. The Hall–Kier alpha value is -6.33. The number of anilines is 4. The number of benzene rings is 1. The number of carboxylic acids is 1. The van der Waals surface area contributed by atoms with Crippen molar-refractivity contribution in [3.63, 3.8) is 0 Å². The van der Waals surface area contributed by atoms with Crippen molar-refractivity contribution in [2.75, 3.05) is 66.5 Å². The van der Waals surface area contributed by atoms with Gasteiger partial charge in [-0.2, -0.15) is 9.29 Å². The highest BCUT2D eigenvalue weighted by Crippen LogP contribution is 2.61. The summed E-state index contributed by atoms with van der Waals surface area (Å²) < 4.78 is 62.6. The second kappa shape index (κ2) is 25.2. The number of H-pyrrole nitrogens is 1. The number of carbonyl (C=O) groups is 5. The van der Waals surface area contributed by atoms with Crippen LogP contribution in [0.4, 0.5) is 29.0 Å². The maximum absolute atomic E-state index is 13.3. The predicted molar refractivity (Wildman–Crippen MR) is 278 cm³/mol. The van der Waals surface area contributed by atoms with E-state index in [1.807, 2.05) is 9.80 Å². The molecule has 80 heavy (non-hydrogen) atoms. The van der Waals surface area contributed by atoms with Crippen LogP contribution in [-0.4, -0.2) is 181 Å². The second-order valence-corrected chi connectivity index (χ2v) is 23.9. The first-order valence-corrected chi connectivity index (χ1v) is 29.2. The first-order chi connectivity index (χ1) is 37.5. The third-order valence-corrected chi connectivity index (χ3v) is 16.2. The van der Waals surface area contributed by atoms with Gasteiger partial charge in [-0.05, 0) is 30.7 Å². The first kappa shape index (κ1) is 61.3. The minimum absolute atomic E-state index is 0.00126. The SMILES string of the molecule is CC(C)(COP(=O)(O)OP(=O)(O)OCC1OC(n2cnc3c(N)ncnc32)C(O)C1OP(=O)(O)O)C(O)C(=O)NCCC(=O)NCCSC(=O)C(CCC(=O)O)NC(=O)c1ccc(N2CC3C=Nc4nc(N)[nH]c(=O)c4N3C2)cc1. The Morgan fingerprint density at radius 1 is 0.988 bits per heavy atom. The van der Waals surface area contributed by atoms with Crippen molar-refractivity contribution in [1.29, 1.82) is 0 Å². The number of amides is 3. The number of nitrogens with one attached hydrogen (secondary N) is 4. The lowest BCUT2D eigenvalue weighted by Crippen LogP contribution is -2.46. The summed E-state index contributed by atoms with van der Waals surface area (Å²) in [5, 5.41) is 37.8. The number of nitrogens with two attached hydrogens (primary N) is 2. The van der Waals surface area contributed by atoms with Gasteiger partial charge in [-0.15, -0.1) is 0 Å². The molecule has 0 spiro atoms. The fourth-order valence-electron chi connectivity index (χ4n) is 8.16. The van der Waals surface area contributed by atoms with Gasteiger partial charge in [-0.25, -0.2) is 33.6 Å². The zero-order valence-corrected chi connectivity index (χ0v) is 45.5. The molecule has 6 heterocycles. The van der Waals surface area contributed by atoms with E-state index in [1.165, 1.54) is 26.0 Å². The number of aliphatic hydroxyl groups excluding tert-OH is 2. The van der Waals surface area contributed by atoms with Crippen molar-refractivity contribution >= 4 is 110 Å². The Morgan fingerprint density at radius 3 is 2.40 bits per heavy atom. The van der Waals surface area contributed by atoms with Gasteiger partial charge < -0.3 is 76.8 Å². The number of nitrogen functional groups attached to an aromatic ring is 2. The van der Waals surface area contributed by atoms with Crippen LogP contribution >= 0.6 is 35.2 Å². The maximum atomic E-state index is 13.3. The average Bonchev–Trinajstić information content (AvgIpc) is 4.28. The van der Waals surface area contributed by atoms with Crippen molar-refractivity contribution in [3.05, 3.63) is 52.8 Å². The van der Waals surface area contributed by atoms with Gasteiger partial charge in [-0.3, -0.25) is 51.9 Å². The topological polar surface area (TPSA) is 521 Å². The number of fused-ring (bicyclic) bond motifs is 4. The van der Waals surface area contributed by atoms with Crippen LogP contribution in [0.25, 0.3) is 11.2 Å². The Labute approximate surface area is 455 Å². The summed E-state index contributed by atoms with van der Waals surface area (Å²) in [6, 6.07) is 4.96. The quantitative estimate of drug-likeness (QED) is 0.0248. The molecule has 39 heteroatoms. The number of thioether (sulfide) groups is 1. The molecule has 436 valence electrons. The van der Waals surface area contributed by atoms with Gasteiger partial charge in [0.15, 0.2) is 29.2 Å². The molecule has 1 aromatic carbocycles. The van der Waals surface area contributed by atoms with Gasteiger partial charge in [-0.1, -0.05) is 25.6 Å². The Balaban J connectivity index is 0.809. The number of nitrogens with zero attached hydrogens (tertiary/aromatic N) is 8. The third kappa shape index (κ3) is 15.6. The van der Waals surface area contributed by atoms with Crippen molar-refractivity contribution in [3.8, 4) is 0 Å². The van der Waals surface area contributed by atoms with Gasteiger partial charge in [0.05, 0.1) is 38.3 Å². The molecule has 9 unspecified atom stereocenters. The van der Waals surface area contributed by atoms with E-state index in [0.717, 1.165) is 29.0 Å². The number of carboxylic acid groups (broad SMARTS) is 1. The molecule has 2 fully saturated rings. The van der Waals surface area contributed by atoms with E-state index in [4.69, 9.17) is 25.3 Å². The van der Waals surface area contributed by atoms with Crippen molar-refractivity contribution in [2.24, 2.45) is 10.4 Å². The standard InChI is InChI=1S/C41H55N14O21P3S/c1-41(2,16-73-79(70,71)76-78(68,69)72-15-24-30(75-77(65,66)67)29(59)38(74-24)54-18-49-27-32(42)47-17-48-34(27)54)31(60)37(63)45-10-9-25(56)44-11-12-80-39(64)23(7-8-26(57)58)50-35(61)20-3-5-21(6-4-20)53-14-22-13-46-33-28(55(22)19-53)36(62)52-40(43)51-33/h3-6,13,17-18,22-24,29-31,38,59-60H,7-12,14-16,19H2,1-2H3,(H,44,56)(H,45,63)(H,50,61)(H,57,58)(H,68,69)(H,70,71)(H2,42,47,48)(H2,65,66,67)(H3,43,51,52,62). The molecule has 7 rings (SSSR count). The monoisotopic (exact) mass is 1200 g/mol. The van der Waals surface area contributed by atoms with E-state index >= 15 is 0 Å². The number of aliphatic carboxylic acids is 1. The molecule has 9 atom stereocenters. The van der Waals surface area contributed by atoms with Crippen LogP contribution in [0, 0.1) is 5.41 Å². The molecule has 3 aliphatic rings. The van der Waals surface area contributed by atoms with E-state index in [-0.39, 0.29) is 77.7 Å². The molecule has 35 nitrogen and oxygen atoms in total. The number of aliphatic imine (C=N–C) groups is 1. The number of phosphoric acid groups is 3. The van der Waals surface area contributed by atoms with Crippen LogP contribution in [-0.2, 0) is 55.5 Å². The van der Waals surface area contributed by atoms with E-state index in [2.05, 4.69) is 54.7 Å². The summed E-state index contributed by atoms with van der Waals surface area (Å²) in [5.41, 5.74) is 10.5. The molecule has 0 bridgehead atoms. The van der Waals surface area contributed by atoms with Gasteiger partial charge in [0.25, 0.3) is 11.5 Å². The lowest BCUT2D eigenvalue weighted by molar-refractivity contribution is -0.138. The lowest BCUT2D eigenvalue weighted by Gasteiger charge is -2.30. The number of phosphoric ester groups is 3. The summed E-state index contributed by atoms with van der Waals surface area (Å²) in [4.78, 5) is 142. The molecule has 3 aromatic heterocycles. The molecular weight excluding hydrogens is 1150 g/mol. The smallest absolute Gasteiger partial charge is 0.481 e. The molecule has 3 amide bonds. The number of hydrogen-bond donors (Lipinski definition) is 13. The van der Waals surface area contributed by atoms with Crippen molar-refractivity contribution in [1.82, 2.24) is 45.4 Å². The number of hydrogen-bond acceptors (Lipinski definition) is 26. The Kier molecular flexibility index (Phi) is 19.3. The predicted octanol–water partition coefficient (Wildman–Crippen LogP) is -1.64. The number of ether oxygens (including phenoxy) is 1. The van der Waals surface area contributed by atoms with Crippen LogP contribution in [0.5, 0.6) is 0 Å². The van der Waals surface area contributed by atoms with Crippen molar-refractivity contribution < 1.29 is 95.2 Å². The largest absolute Gasteiger partial charge is 0.481 e. The van der Waals surface area contributed by atoms with E-state index in [9.17, 15) is 77.4 Å². The number of aliphatic hydroxyl groups is 2. The highest BCUT2D eigenvalue weighted by Gasteiger charge is 2.50. The van der Waals surface area contributed by atoms with Gasteiger partial charge in [0.2, 0.25) is 22.9 Å². The zero-order chi connectivity index (χ0) is 58.5. The summed E-state index contributed by atoms with van der Waals surface area (Å²) in [6.45, 7) is 0.629. The van der Waals surface area contributed by atoms with Gasteiger partial charge in [0, 0.05) is 61.1 Å². The van der Waals surface area contributed by atoms with E-state index in [0.29, 0.717) is 18.9 Å². The molecule has 0 saturated carbocycles. The van der Waals surface area contributed by atoms with E-state index < -0.39 is 120 Å². The average molecular weight is 1200 g/mol. The number of imidazole rings is 1. The van der Waals surface area contributed by atoms with Gasteiger partial charge in [0.1, 0.15) is 36.3 Å². The fourth-order valence-corrected chi connectivity index (χ4v) is 11.8. The zero-order valence-electron chi connectivity index (χ0n) is 42.0. The molecule has 0 radical (unpaired) electrons. The van der Waals surface area contributed by atoms with Crippen molar-refractivity contribution in [2.45, 2.75) is 75.8 Å². The minimum atomic E-state index is -5.65. The number of carbonyl (C=O) groups excluding carboxylic acids is 4. The van der Waals surface area contributed by atoms with Gasteiger partial charge >= 0.3 is 29.4 Å². The number of aromatic amines is 1. The van der Waals surface area contributed by atoms with Crippen LogP contribution in [0.1, 0.15) is 49.7 Å². The first-order valence-electron chi connectivity index (χ1n) is 23.7. The highest BCUT2D eigenvalue weighted by molar-refractivity contribution is 8.13. The maximum Gasteiger partial charge on any atom is 0.481 e. The van der Waals surface area contributed by atoms with Crippen LogP contribution in [0.15, 0.2) is 46.7 Å². The lowest BCUT2D eigenvalue weighted by atomic mass is 9.87. The number of rotatable bonds is 26. The molecule has 3 aliphatic heterocycles. The highest BCUT2D eigenvalue weighted by atomic mass is 32.2. The van der Waals surface area contributed by atoms with Crippen LogP contribution in [0.3, 0.4) is 0 Å². The normalized spacial score (nSPS) is 21.2. The summed E-state index contributed by atoms with van der Waals surface area (Å²) in [7, 11) is -16.6. The Bertz CT molecular complexity index is 3220. The molecule has 0 aliphatic carbocycles. The summed E-state index contributed by atoms with van der Waals surface area (Å²) >= 11 is 0.728. The Morgan fingerprint density at radius 2 is 1.70 bits per heavy atom. The summed E-state index contributed by atoms with van der Waals surface area (Å²) in [6.07, 6.45) is -6.39. The molecular formula is C41H55N14O21P3S. The summed E-state index contributed by atoms with van der Waals surface area (Å²) in [5.74, 6) is -3.46. The van der Waals surface area contributed by atoms with Crippen LogP contribution in [0.2, 0.25) is 0 Å². The molecule has 15 N–H and O–H groups in total. The fraction of sp³-hybridized carbons (Fsp3) is 0.488. The molecule has 4 aromatic rings. The minimum Gasteiger partial charge on any atom is -0.481 e.